The second-order valence-electron chi connectivity index (χ2n) is 3.40. The summed E-state index contributed by atoms with van der Waals surface area (Å²) in [7, 11) is 0. The third-order valence-electron chi connectivity index (χ3n) is 2.10. The molecule has 0 heterocycles. The molecule has 0 aliphatic rings. The van der Waals surface area contributed by atoms with Crippen molar-refractivity contribution in [1.29, 1.82) is 0 Å². The number of aliphatic hydroxyl groups is 1. The normalized spacial score (nSPS) is 13.4. The van der Waals surface area contributed by atoms with Crippen LogP contribution in [0.25, 0.3) is 0 Å². The Balaban J connectivity index is 2.34. The van der Waals surface area contributed by atoms with E-state index in [2.05, 4.69) is 6.58 Å². The highest BCUT2D eigenvalue weighted by atomic mass is 19.3. The molecule has 4 heteroatoms. The highest BCUT2D eigenvalue weighted by molar-refractivity contribution is 5.13. The second kappa shape index (κ2) is 5.72. The predicted molar refractivity (Wildman–Crippen MR) is 57.2 cm³/mol. The molecule has 1 atom stereocenters. The van der Waals surface area contributed by atoms with Gasteiger partial charge >= 0.3 is 0 Å². The van der Waals surface area contributed by atoms with E-state index in [9.17, 15) is 8.78 Å². The van der Waals surface area contributed by atoms with E-state index in [1.807, 2.05) is 30.3 Å². The topological polar surface area (TPSA) is 29.5 Å². The standard InChI is InChI=1S/C12H14F2O2/c1-2-12(13,14)11(15)9-16-8-10-6-4-3-5-7-10/h2-7,11,15H,1,8-9H2. The van der Waals surface area contributed by atoms with E-state index in [-0.39, 0.29) is 6.61 Å². The van der Waals surface area contributed by atoms with Gasteiger partial charge in [0, 0.05) is 0 Å². The van der Waals surface area contributed by atoms with Crippen molar-refractivity contribution in [2.24, 2.45) is 0 Å². The fourth-order valence-corrected chi connectivity index (χ4v) is 1.11. The minimum atomic E-state index is -3.31. The summed E-state index contributed by atoms with van der Waals surface area (Å²) in [6.45, 7) is 2.73. The van der Waals surface area contributed by atoms with Crippen molar-refractivity contribution in [3.63, 3.8) is 0 Å². The summed E-state index contributed by atoms with van der Waals surface area (Å²) in [5, 5.41) is 9.11. The van der Waals surface area contributed by atoms with Gasteiger partial charge in [0.25, 0.3) is 5.92 Å². The number of benzene rings is 1. The third-order valence-corrected chi connectivity index (χ3v) is 2.10. The Labute approximate surface area is 93.2 Å². The maximum Gasteiger partial charge on any atom is 0.293 e. The molecule has 1 aromatic carbocycles. The van der Waals surface area contributed by atoms with Gasteiger partial charge in [-0.05, 0) is 11.6 Å². The first-order valence-electron chi connectivity index (χ1n) is 4.87. The number of alkyl halides is 2. The van der Waals surface area contributed by atoms with Gasteiger partial charge in [0.15, 0.2) is 0 Å². The maximum atomic E-state index is 12.8. The molecule has 1 aromatic rings. The van der Waals surface area contributed by atoms with Crippen LogP contribution in [0.4, 0.5) is 8.78 Å². The van der Waals surface area contributed by atoms with E-state index >= 15 is 0 Å². The van der Waals surface area contributed by atoms with Gasteiger partial charge in [-0.3, -0.25) is 0 Å². The zero-order valence-electron chi connectivity index (χ0n) is 8.77. The first-order chi connectivity index (χ1) is 7.56. The number of hydrogen-bond donors (Lipinski definition) is 1. The van der Waals surface area contributed by atoms with Crippen molar-refractivity contribution in [2.75, 3.05) is 6.61 Å². The van der Waals surface area contributed by atoms with Gasteiger partial charge in [-0.25, -0.2) is 0 Å². The van der Waals surface area contributed by atoms with Crippen LogP contribution in [0.1, 0.15) is 5.56 Å². The molecule has 0 aliphatic carbocycles. The largest absolute Gasteiger partial charge is 0.384 e. The zero-order valence-corrected chi connectivity index (χ0v) is 8.77. The van der Waals surface area contributed by atoms with Crippen LogP contribution < -0.4 is 0 Å². The number of hydrogen-bond acceptors (Lipinski definition) is 2. The average Bonchev–Trinajstić information content (AvgIpc) is 2.30. The van der Waals surface area contributed by atoms with Gasteiger partial charge in [0.1, 0.15) is 6.10 Å². The van der Waals surface area contributed by atoms with Crippen molar-refractivity contribution in [3.05, 3.63) is 48.6 Å². The number of ether oxygens (including phenoxy) is 1. The van der Waals surface area contributed by atoms with Crippen molar-refractivity contribution in [3.8, 4) is 0 Å². The maximum absolute atomic E-state index is 12.8. The smallest absolute Gasteiger partial charge is 0.293 e. The number of halogens is 2. The Morgan fingerprint density at radius 2 is 2.00 bits per heavy atom. The third kappa shape index (κ3) is 3.72. The monoisotopic (exact) mass is 228 g/mol. The molecule has 0 spiro atoms. The van der Waals surface area contributed by atoms with Crippen LogP contribution in [0.5, 0.6) is 0 Å². The first-order valence-corrected chi connectivity index (χ1v) is 4.87. The lowest BCUT2D eigenvalue weighted by Gasteiger charge is -2.18. The Kier molecular flexibility index (Phi) is 4.58. The van der Waals surface area contributed by atoms with Crippen LogP contribution >= 0.6 is 0 Å². The fraction of sp³-hybridized carbons (Fsp3) is 0.333. The van der Waals surface area contributed by atoms with E-state index in [0.717, 1.165) is 5.56 Å². The SMILES string of the molecule is C=CC(F)(F)C(O)COCc1ccccc1. The Bertz CT molecular complexity index is 325. The summed E-state index contributed by atoms with van der Waals surface area (Å²) >= 11 is 0. The highest BCUT2D eigenvalue weighted by Gasteiger charge is 2.34. The molecule has 0 fully saturated rings. The van der Waals surface area contributed by atoms with Gasteiger partial charge in [0.05, 0.1) is 13.2 Å². The van der Waals surface area contributed by atoms with Gasteiger partial charge in [-0.15, -0.1) is 0 Å². The summed E-state index contributed by atoms with van der Waals surface area (Å²) in [5.74, 6) is -3.31. The molecule has 0 saturated carbocycles. The molecule has 0 aliphatic heterocycles. The Morgan fingerprint density at radius 3 is 2.56 bits per heavy atom. The molecule has 0 amide bonds. The van der Waals surface area contributed by atoms with Crippen LogP contribution in [-0.4, -0.2) is 23.7 Å². The predicted octanol–water partition coefficient (Wildman–Crippen LogP) is 2.39. The number of rotatable bonds is 6. The second-order valence-corrected chi connectivity index (χ2v) is 3.40. The van der Waals surface area contributed by atoms with E-state index in [1.54, 1.807) is 0 Å². The Hall–Kier alpha value is -1.26. The van der Waals surface area contributed by atoms with Crippen LogP contribution in [0.15, 0.2) is 43.0 Å². The van der Waals surface area contributed by atoms with Gasteiger partial charge in [-0.1, -0.05) is 36.9 Å². The van der Waals surface area contributed by atoms with Crippen molar-refractivity contribution in [2.45, 2.75) is 18.6 Å². The van der Waals surface area contributed by atoms with Crippen molar-refractivity contribution in [1.82, 2.24) is 0 Å². The van der Waals surface area contributed by atoms with Gasteiger partial charge in [-0.2, -0.15) is 8.78 Å². The molecule has 0 aromatic heterocycles. The lowest BCUT2D eigenvalue weighted by Crippen LogP contribution is -2.35. The van der Waals surface area contributed by atoms with Gasteiger partial charge < -0.3 is 9.84 Å². The fourth-order valence-electron chi connectivity index (χ4n) is 1.11. The molecule has 88 valence electrons. The Morgan fingerprint density at radius 1 is 1.38 bits per heavy atom. The molecule has 0 bridgehead atoms. The molecule has 1 rings (SSSR count). The summed E-state index contributed by atoms with van der Waals surface area (Å²) in [5.41, 5.74) is 0.872. The molecule has 2 nitrogen and oxygen atoms in total. The van der Waals surface area contributed by atoms with Crippen LogP contribution in [0, 0.1) is 0 Å². The lowest BCUT2D eigenvalue weighted by atomic mass is 10.2. The van der Waals surface area contributed by atoms with E-state index < -0.39 is 18.6 Å². The quantitative estimate of drug-likeness (QED) is 0.757. The van der Waals surface area contributed by atoms with Crippen LogP contribution in [0.3, 0.4) is 0 Å². The summed E-state index contributed by atoms with van der Waals surface area (Å²) in [6.07, 6.45) is -1.43. The molecule has 0 saturated heterocycles. The minimum absolute atomic E-state index is 0.200. The minimum Gasteiger partial charge on any atom is -0.384 e. The van der Waals surface area contributed by atoms with E-state index in [1.165, 1.54) is 0 Å². The van der Waals surface area contributed by atoms with E-state index in [0.29, 0.717) is 6.08 Å². The van der Waals surface area contributed by atoms with Crippen LogP contribution in [0.2, 0.25) is 0 Å². The van der Waals surface area contributed by atoms with E-state index in [4.69, 9.17) is 9.84 Å². The average molecular weight is 228 g/mol. The molecular formula is C12H14F2O2. The van der Waals surface area contributed by atoms with Crippen molar-refractivity contribution >= 4 is 0 Å². The first kappa shape index (κ1) is 12.8. The van der Waals surface area contributed by atoms with Crippen LogP contribution in [-0.2, 0) is 11.3 Å². The molecule has 1 unspecified atom stereocenters. The van der Waals surface area contributed by atoms with Gasteiger partial charge in [0.2, 0.25) is 0 Å². The number of aliphatic hydroxyl groups excluding tert-OH is 1. The lowest BCUT2D eigenvalue weighted by molar-refractivity contribution is -0.105. The zero-order chi connectivity index (χ0) is 12.0. The molecular weight excluding hydrogens is 214 g/mol. The molecule has 1 N–H and O–H groups in total. The summed E-state index contributed by atoms with van der Waals surface area (Å²) in [4.78, 5) is 0. The summed E-state index contributed by atoms with van der Waals surface area (Å²) < 4.78 is 30.6. The molecule has 16 heavy (non-hydrogen) atoms. The summed E-state index contributed by atoms with van der Waals surface area (Å²) in [6, 6.07) is 9.14. The molecule has 0 radical (unpaired) electrons. The van der Waals surface area contributed by atoms with Crippen molar-refractivity contribution < 1.29 is 18.6 Å². The highest BCUT2D eigenvalue weighted by Crippen LogP contribution is 2.20.